The van der Waals surface area contributed by atoms with Gasteiger partial charge >= 0.3 is 5.97 Å². The molecule has 0 aliphatic carbocycles. The molecule has 0 saturated heterocycles. The monoisotopic (exact) mass is 280 g/mol. The minimum absolute atomic E-state index is 0.0595. The van der Waals surface area contributed by atoms with E-state index in [1.54, 1.807) is 13.0 Å². The fourth-order valence-corrected chi connectivity index (χ4v) is 2.51. The van der Waals surface area contributed by atoms with Crippen molar-refractivity contribution in [3.63, 3.8) is 0 Å². The number of benzene rings is 1. The van der Waals surface area contributed by atoms with E-state index in [9.17, 15) is 15.0 Å². The summed E-state index contributed by atoms with van der Waals surface area (Å²) in [4.78, 5) is 12.1. The van der Waals surface area contributed by atoms with Gasteiger partial charge in [-0.25, -0.2) is 4.79 Å². The van der Waals surface area contributed by atoms with Crippen LogP contribution in [-0.4, -0.2) is 35.5 Å². The summed E-state index contributed by atoms with van der Waals surface area (Å²) in [6.07, 6.45) is 2.32. The highest BCUT2D eigenvalue weighted by molar-refractivity contribution is 5.96. The predicted molar refractivity (Wildman–Crippen MR) is 73.1 cm³/mol. The Hall–Kier alpha value is -1.75. The molecule has 0 amide bonds. The molecule has 5 heteroatoms. The molecule has 2 N–H and O–H groups in total. The summed E-state index contributed by atoms with van der Waals surface area (Å²) < 4.78 is 10.5. The number of aliphatic hydroxyl groups excluding tert-OH is 1. The van der Waals surface area contributed by atoms with Crippen molar-refractivity contribution in [2.75, 3.05) is 7.11 Å². The zero-order valence-corrected chi connectivity index (χ0v) is 11.8. The van der Waals surface area contributed by atoms with Crippen LogP contribution in [0.5, 0.6) is 11.5 Å². The predicted octanol–water partition coefficient (Wildman–Crippen LogP) is 2.03. The van der Waals surface area contributed by atoms with Crippen LogP contribution >= 0.6 is 0 Å². The zero-order chi connectivity index (χ0) is 14.7. The highest BCUT2D eigenvalue weighted by atomic mass is 16.5. The fourth-order valence-electron chi connectivity index (χ4n) is 2.51. The first-order valence-corrected chi connectivity index (χ1v) is 6.80. The number of rotatable bonds is 5. The number of hydrogen-bond donors (Lipinski definition) is 2. The van der Waals surface area contributed by atoms with E-state index < -0.39 is 5.97 Å². The molecule has 0 saturated carbocycles. The molecule has 5 nitrogen and oxygen atoms in total. The van der Waals surface area contributed by atoms with E-state index in [1.807, 2.05) is 0 Å². The molecule has 1 aliphatic rings. The first kappa shape index (κ1) is 14.7. The van der Waals surface area contributed by atoms with Crippen molar-refractivity contribution in [3.8, 4) is 11.5 Å². The van der Waals surface area contributed by atoms with Crippen molar-refractivity contribution in [3.05, 3.63) is 23.3 Å². The van der Waals surface area contributed by atoms with E-state index in [0.29, 0.717) is 18.4 Å². The van der Waals surface area contributed by atoms with Gasteiger partial charge in [0.1, 0.15) is 11.7 Å². The van der Waals surface area contributed by atoms with E-state index >= 15 is 0 Å². The number of fused-ring (bicyclic) bond motifs is 1. The number of aliphatic hydroxyl groups is 1. The van der Waals surface area contributed by atoms with Crippen molar-refractivity contribution in [1.82, 2.24) is 0 Å². The number of carbonyl (C=O) groups is 1. The number of cyclic esters (lactones) is 1. The van der Waals surface area contributed by atoms with Gasteiger partial charge in [-0.3, -0.25) is 0 Å². The summed E-state index contributed by atoms with van der Waals surface area (Å²) in [5.74, 6) is -0.341. The number of ether oxygens (including phenoxy) is 2. The molecule has 20 heavy (non-hydrogen) atoms. The first-order chi connectivity index (χ1) is 9.52. The maximum absolute atomic E-state index is 12.1. The standard InChI is InChI=1S/C15H20O5/c1-9(16)4-3-5-11-8-10-6-7-12(17)14(19-2)13(10)15(18)20-11/h6-7,9,11,16-17H,3-5,8H2,1-2H3. The minimum atomic E-state index is -0.457. The lowest BCUT2D eigenvalue weighted by Gasteiger charge is -2.26. The third kappa shape index (κ3) is 3.04. The van der Waals surface area contributed by atoms with Gasteiger partial charge in [0.25, 0.3) is 0 Å². The van der Waals surface area contributed by atoms with Crippen LogP contribution in [0.25, 0.3) is 0 Å². The number of hydrogen-bond acceptors (Lipinski definition) is 5. The molecule has 0 fully saturated rings. The van der Waals surface area contributed by atoms with Gasteiger partial charge < -0.3 is 19.7 Å². The van der Waals surface area contributed by atoms with Gasteiger partial charge in [0.15, 0.2) is 11.5 Å². The Morgan fingerprint density at radius 2 is 2.25 bits per heavy atom. The molecule has 1 aliphatic heterocycles. The van der Waals surface area contributed by atoms with Gasteiger partial charge in [-0.05, 0) is 37.8 Å². The van der Waals surface area contributed by atoms with E-state index in [2.05, 4.69) is 0 Å². The number of phenols is 1. The molecule has 2 unspecified atom stereocenters. The van der Waals surface area contributed by atoms with Crippen LogP contribution in [0.3, 0.4) is 0 Å². The van der Waals surface area contributed by atoms with Gasteiger partial charge in [0, 0.05) is 6.42 Å². The lowest BCUT2D eigenvalue weighted by molar-refractivity contribution is 0.0219. The topological polar surface area (TPSA) is 76.0 Å². The Kier molecular flexibility index (Phi) is 4.49. The average molecular weight is 280 g/mol. The van der Waals surface area contributed by atoms with Crippen LogP contribution < -0.4 is 4.74 Å². The maximum Gasteiger partial charge on any atom is 0.342 e. The smallest absolute Gasteiger partial charge is 0.342 e. The van der Waals surface area contributed by atoms with Crippen LogP contribution in [0.1, 0.15) is 42.1 Å². The Morgan fingerprint density at radius 3 is 2.90 bits per heavy atom. The molecule has 1 heterocycles. The van der Waals surface area contributed by atoms with Gasteiger partial charge in [-0.15, -0.1) is 0 Å². The molecule has 0 bridgehead atoms. The highest BCUT2D eigenvalue weighted by Gasteiger charge is 2.30. The molecule has 0 spiro atoms. The maximum atomic E-state index is 12.1. The molecule has 2 rings (SSSR count). The second-order valence-electron chi connectivity index (χ2n) is 5.16. The summed E-state index contributed by atoms with van der Waals surface area (Å²) in [7, 11) is 1.41. The van der Waals surface area contributed by atoms with Crippen molar-refractivity contribution in [2.24, 2.45) is 0 Å². The van der Waals surface area contributed by atoms with E-state index in [-0.39, 0.29) is 23.7 Å². The van der Waals surface area contributed by atoms with Crippen LogP contribution in [0.4, 0.5) is 0 Å². The van der Waals surface area contributed by atoms with E-state index in [0.717, 1.165) is 18.4 Å². The fraction of sp³-hybridized carbons (Fsp3) is 0.533. The summed E-state index contributed by atoms with van der Waals surface area (Å²) in [6, 6.07) is 3.26. The molecule has 0 aromatic heterocycles. The van der Waals surface area contributed by atoms with Crippen LogP contribution in [-0.2, 0) is 11.2 Å². The Balaban J connectivity index is 2.12. The number of phenolic OH excluding ortho intramolecular Hbond substituents is 1. The average Bonchev–Trinajstić information content (AvgIpc) is 2.39. The zero-order valence-electron chi connectivity index (χ0n) is 11.8. The second-order valence-corrected chi connectivity index (χ2v) is 5.16. The van der Waals surface area contributed by atoms with Crippen molar-refractivity contribution in [2.45, 2.75) is 44.8 Å². The third-order valence-corrected chi connectivity index (χ3v) is 3.50. The Bertz CT molecular complexity index is 495. The molecule has 2 atom stereocenters. The highest BCUT2D eigenvalue weighted by Crippen LogP contribution is 2.36. The van der Waals surface area contributed by atoms with E-state index in [4.69, 9.17) is 9.47 Å². The Labute approximate surface area is 118 Å². The van der Waals surface area contributed by atoms with Crippen molar-refractivity contribution < 1.29 is 24.5 Å². The summed E-state index contributed by atoms with van der Waals surface area (Å²) in [5.41, 5.74) is 1.15. The summed E-state index contributed by atoms with van der Waals surface area (Å²) in [6.45, 7) is 1.75. The van der Waals surface area contributed by atoms with Crippen molar-refractivity contribution >= 4 is 5.97 Å². The van der Waals surface area contributed by atoms with Crippen molar-refractivity contribution in [1.29, 1.82) is 0 Å². The normalized spacial score (nSPS) is 19.1. The molecule has 110 valence electrons. The lowest BCUT2D eigenvalue weighted by atomic mass is 9.94. The molecule has 0 radical (unpaired) electrons. The van der Waals surface area contributed by atoms with Gasteiger partial charge in [-0.2, -0.15) is 0 Å². The van der Waals surface area contributed by atoms with Crippen LogP contribution in [0, 0.1) is 0 Å². The molecular weight excluding hydrogens is 260 g/mol. The first-order valence-electron chi connectivity index (χ1n) is 6.80. The minimum Gasteiger partial charge on any atom is -0.504 e. The molecule has 1 aromatic rings. The Morgan fingerprint density at radius 1 is 1.50 bits per heavy atom. The van der Waals surface area contributed by atoms with Gasteiger partial charge in [0.2, 0.25) is 0 Å². The number of esters is 1. The quantitative estimate of drug-likeness (QED) is 0.807. The van der Waals surface area contributed by atoms with Gasteiger partial charge in [0.05, 0.1) is 13.2 Å². The lowest BCUT2D eigenvalue weighted by Crippen LogP contribution is -2.28. The number of methoxy groups -OCH3 is 1. The van der Waals surface area contributed by atoms with Crippen LogP contribution in [0.2, 0.25) is 0 Å². The molecule has 1 aromatic carbocycles. The molecular formula is C15H20O5. The van der Waals surface area contributed by atoms with E-state index in [1.165, 1.54) is 13.2 Å². The second kappa shape index (κ2) is 6.13. The van der Waals surface area contributed by atoms with Gasteiger partial charge in [-0.1, -0.05) is 6.07 Å². The SMILES string of the molecule is COc1c(O)ccc2c1C(=O)OC(CCCC(C)O)C2. The van der Waals surface area contributed by atoms with Crippen LogP contribution in [0.15, 0.2) is 12.1 Å². The third-order valence-electron chi connectivity index (χ3n) is 3.50. The summed E-state index contributed by atoms with van der Waals surface area (Å²) in [5, 5.41) is 18.9. The number of carbonyl (C=O) groups excluding carboxylic acids is 1. The number of aromatic hydroxyl groups is 1. The summed E-state index contributed by atoms with van der Waals surface area (Å²) >= 11 is 0. The largest absolute Gasteiger partial charge is 0.504 e.